The van der Waals surface area contributed by atoms with Crippen LogP contribution in [-0.4, -0.2) is 28.0 Å². The lowest BCUT2D eigenvalue weighted by atomic mass is 9.77. The zero-order valence-electron chi connectivity index (χ0n) is 13.7. The van der Waals surface area contributed by atoms with E-state index in [2.05, 4.69) is 33.1 Å². The number of anilines is 1. The minimum Gasteiger partial charge on any atom is -0.368 e. The third-order valence-corrected chi connectivity index (χ3v) is 5.40. The summed E-state index contributed by atoms with van der Waals surface area (Å²) in [5.74, 6) is 0.388. The van der Waals surface area contributed by atoms with Gasteiger partial charge < -0.3 is 5.73 Å². The summed E-state index contributed by atoms with van der Waals surface area (Å²) in [7, 11) is 0. The molecule has 1 aliphatic carbocycles. The first kappa shape index (κ1) is 15.1. The van der Waals surface area contributed by atoms with Gasteiger partial charge in [-0.3, -0.25) is 4.90 Å². The van der Waals surface area contributed by atoms with E-state index in [1.54, 1.807) is 0 Å². The van der Waals surface area contributed by atoms with Crippen LogP contribution in [0.15, 0.2) is 30.5 Å². The third-order valence-electron chi connectivity index (χ3n) is 5.40. The second kappa shape index (κ2) is 5.88. The van der Waals surface area contributed by atoms with Gasteiger partial charge in [0.2, 0.25) is 5.95 Å². The third kappa shape index (κ3) is 2.63. The number of nitriles is 1. The van der Waals surface area contributed by atoms with E-state index in [1.165, 1.54) is 29.7 Å². The van der Waals surface area contributed by atoms with E-state index in [0.29, 0.717) is 11.5 Å². The molecule has 122 valence electrons. The van der Waals surface area contributed by atoms with Gasteiger partial charge in [0.25, 0.3) is 0 Å². The molecular formula is C19H21N5. The number of nitrogens with two attached hydrogens (primary N) is 1. The van der Waals surface area contributed by atoms with Crippen LogP contribution in [0.25, 0.3) is 0 Å². The second-order valence-electron chi connectivity index (χ2n) is 7.01. The van der Waals surface area contributed by atoms with Gasteiger partial charge in [0.15, 0.2) is 0 Å². The SMILES string of the molecule is N#Cc1ccc(CN2CCCC3(CCc4cnc(N)nc43)C2)cc1. The van der Waals surface area contributed by atoms with Crippen molar-refractivity contribution in [3.63, 3.8) is 0 Å². The first-order valence-electron chi connectivity index (χ1n) is 8.52. The van der Waals surface area contributed by atoms with Crippen LogP contribution in [0.3, 0.4) is 0 Å². The van der Waals surface area contributed by atoms with Crippen molar-refractivity contribution >= 4 is 5.95 Å². The van der Waals surface area contributed by atoms with E-state index < -0.39 is 0 Å². The summed E-state index contributed by atoms with van der Waals surface area (Å²) in [6.45, 7) is 3.05. The summed E-state index contributed by atoms with van der Waals surface area (Å²) in [5.41, 5.74) is 10.4. The second-order valence-corrected chi connectivity index (χ2v) is 7.01. The van der Waals surface area contributed by atoms with Gasteiger partial charge in [-0.05, 0) is 55.5 Å². The minimum atomic E-state index is 0.136. The minimum absolute atomic E-state index is 0.136. The fourth-order valence-electron chi connectivity index (χ4n) is 4.26. The molecule has 0 amide bonds. The van der Waals surface area contributed by atoms with Gasteiger partial charge in [-0.2, -0.15) is 5.26 Å². The van der Waals surface area contributed by atoms with Crippen molar-refractivity contribution in [2.75, 3.05) is 18.8 Å². The van der Waals surface area contributed by atoms with Gasteiger partial charge in [0, 0.05) is 24.7 Å². The molecule has 1 spiro atoms. The summed E-state index contributed by atoms with van der Waals surface area (Å²) in [6, 6.07) is 10.1. The molecule has 5 heteroatoms. The molecular weight excluding hydrogens is 298 g/mol. The molecule has 0 saturated carbocycles. The van der Waals surface area contributed by atoms with E-state index in [0.717, 1.165) is 32.5 Å². The molecule has 1 atom stereocenters. The molecule has 0 radical (unpaired) electrons. The van der Waals surface area contributed by atoms with E-state index in [4.69, 9.17) is 11.0 Å². The Kier molecular flexibility index (Phi) is 3.70. The quantitative estimate of drug-likeness (QED) is 0.919. The molecule has 24 heavy (non-hydrogen) atoms. The highest BCUT2D eigenvalue weighted by molar-refractivity contribution is 5.37. The Morgan fingerprint density at radius 1 is 1.25 bits per heavy atom. The first-order valence-corrected chi connectivity index (χ1v) is 8.52. The lowest BCUT2D eigenvalue weighted by molar-refractivity contribution is 0.137. The van der Waals surface area contributed by atoms with Gasteiger partial charge in [-0.1, -0.05) is 12.1 Å². The van der Waals surface area contributed by atoms with Crippen LogP contribution < -0.4 is 5.73 Å². The standard InChI is InChI=1S/C19H21N5/c20-10-14-2-4-15(5-3-14)12-24-9-1-7-19(13-24)8-6-16-11-22-18(21)23-17(16)19/h2-5,11H,1,6-9,12-13H2,(H2,21,22,23). The monoisotopic (exact) mass is 319 g/mol. The highest BCUT2D eigenvalue weighted by Gasteiger charge is 2.43. The molecule has 1 fully saturated rings. The molecule has 5 nitrogen and oxygen atoms in total. The largest absolute Gasteiger partial charge is 0.368 e. The van der Waals surface area contributed by atoms with E-state index >= 15 is 0 Å². The van der Waals surface area contributed by atoms with Crippen molar-refractivity contribution in [3.05, 3.63) is 52.8 Å². The molecule has 1 aliphatic heterocycles. The Bertz CT molecular complexity index is 788. The number of nitrogens with zero attached hydrogens (tertiary/aromatic N) is 4. The van der Waals surface area contributed by atoms with Crippen LogP contribution in [0.5, 0.6) is 0 Å². The molecule has 1 aromatic carbocycles. The summed E-state index contributed by atoms with van der Waals surface area (Å²) < 4.78 is 0. The van der Waals surface area contributed by atoms with Crippen LogP contribution in [0.1, 0.15) is 41.6 Å². The average Bonchev–Trinajstić information content (AvgIpc) is 2.93. The number of piperidine rings is 1. The molecule has 4 rings (SSSR count). The van der Waals surface area contributed by atoms with Gasteiger partial charge in [-0.25, -0.2) is 9.97 Å². The number of fused-ring (bicyclic) bond motifs is 2. The average molecular weight is 319 g/mol. The maximum absolute atomic E-state index is 8.92. The zero-order valence-corrected chi connectivity index (χ0v) is 13.7. The predicted molar refractivity (Wildman–Crippen MR) is 92.1 cm³/mol. The Morgan fingerprint density at radius 3 is 2.88 bits per heavy atom. The molecule has 1 saturated heterocycles. The molecule has 2 aromatic rings. The van der Waals surface area contributed by atoms with E-state index in [1.807, 2.05) is 18.3 Å². The van der Waals surface area contributed by atoms with Crippen LogP contribution in [0.4, 0.5) is 5.95 Å². The topological polar surface area (TPSA) is 78.8 Å². The maximum Gasteiger partial charge on any atom is 0.220 e. The molecule has 1 unspecified atom stereocenters. The van der Waals surface area contributed by atoms with Crippen LogP contribution in [-0.2, 0) is 18.4 Å². The summed E-state index contributed by atoms with van der Waals surface area (Å²) >= 11 is 0. The Hall–Kier alpha value is -2.45. The van der Waals surface area contributed by atoms with Gasteiger partial charge >= 0.3 is 0 Å². The molecule has 2 N–H and O–H groups in total. The van der Waals surface area contributed by atoms with Crippen molar-refractivity contribution in [2.45, 2.75) is 37.6 Å². The summed E-state index contributed by atoms with van der Waals surface area (Å²) in [4.78, 5) is 11.3. The normalized spacial score (nSPS) is 23.1. The lowest BCUT2D eigenvalue weighted by Crippen LogP contribution is -2.45. The number of hydrogen-bond acceptors (Lipinski definition) is 5. The number of aryl methyl sites for hydroxylation is 1. The fraction of sp³-hybridized carbons (Fsp3) is 0.421. The number of aromatic nitrogens is 2. The molecule has 2 heterocycles. The van der Waals surface area contributed by atoms with E-state index in [9.17, 15) is 0 Å². The van der Waals surface area contributed by atoms with Crippen molar-refractivity contribution in [1.82, 2.24) is 14.9 Å². The summed E-state index contributed by atoms with van der Waals surface area (Å²) in [5, 5.41) is 8.92. The number of hydrogen-bond donors (Lipinski definition) is 1. The molecule has 1 aromatic heterocycles. The van der Waals surface area contributed by atoms with Crippen molar-refractivity contribution < 1.29 is 0 Å². The van der Waals surface area contributed by atoms with Gasteiger partial charge in [-0.15, -0.1) is 0 Å². The summed E-state index contributed by atoms with van der Waals surface area (Å²) in [6.07, 6.45) is 6.47. The smallest absolute Gasteiger partial charge is 0.220 e. The van der Waals surface area contributed by atoms with Crippen LogP contribution >= 0.6 is 0 Å². The van der Waals surface area contributed by atoms with Gasteiger partial charge in [0.05, 0.1) is 17.3 Å². The lowest BCUT2D eigenvalue weighted by Gasteiger charge is -2.40. The maximum atomic E-state index is 8.92. The number of likely N-dealkylation sites (tertiary alicyclic amines) is 1. The molecule has 2 aliphatic rings. The molecule has 0 bridgehead atoms. The Balaban J connectivity index is 1.54. The van der Waals surface area contributed by atoms with Gasteiger partial charge in [0.1, 0.15) is 0 Å². The van der Waals surface area contributed by atoms with Crippen LogP contribution in [0.2, 0.25) is 0 Å². The van der Waals surface area contributed by atoms with Crippen molar-refractivity contribution in [2.24, 2.45) is 0 Å². The number of benzene rings is 1. The fourth-order valence-corrected chi connectivity index (χ4v) is 4.26. The Labute approximate surface area is 142 Å². The Morgan fingerprint density at radius 2 is 2.08 bits per heavy atom. The van der Waals surface area contributed by atoms with Crippen molar-refractivity contribution in [3.8, 4) is 6.07 Å². The predicted octanol–water partition coefficient (Wildman–Crippen LogP) is 2.41. The highest BCUT2D eigenvalue weighted by atomic mass is 15.1. The number of rotatable bonds is 2. The van der Waals surface area contributed by atoms with Crippen LogP contribution in [0, 0.1) is 11.3 Å². The number of nitrogen functional groups attached to an aromatic ring is 1. The van der Waals surface area contributed by atoms with E-state index in [-0.39, 0.29) is 5.41 Å². The highest BCUT2D eigenvalue weighted by Crippen LogP contribution is 2.44. The van der Waals surface area contributed by atoms with Crippen molar-refractivity contribution in [1.29, 1.82) is 5.26 Å². The zero-order chi connectivity index (χ0) is 16.6. The first-order chi connectivity index (χ1) is 11.7.